The summed E-state index contributed by atoms with van der Waals surface area (Å²) in [6.45, 7) is 0. The first kappa shape index (κ1) is 29.0. The lowest BCUT2D eigenvalue weighted by Crippen LogP contribution is -2.11. The molecule has 2 heterocycles. The quantitative estimate of drug-likeness (QED) is 0.179. The highest BCUT2D eigenvalue weighted by molar-refractivity contribution is 6.24. The molecule has 0 saturated heterocycles. The number of oxazole rings is 1. The van der Waals surface area contributed by atoms with E-state index in [2.05, 4.69) is 161 Å². The Hall–Kier alpha value is -6.91. The molecule has 0 N–H and O–H groups in total. The van der Waals surface area contributed by atoms with Gasteiger partial charge in [-0.2, -0.15) is 0 Å². The second kappa shape index (κ2) is 11.9. The average Bonchev–Trinajstić information content (AvgIpc) is 3.79. The maximum Gasteiger partial charge on any atom is 0.227 e. The number of rotatable bonds is 6. The van der Waals surface area contributed by atoms with Gasteiger partial charge in [-0.1, -0.05) is 121 Å². The SMILES string of the molecule is c1ccc(-c2nc3cccc(-c4cccc(N(c5ccccc5)c5cc6c(c7ccccc57)c5ccccc5n6-c5ccccc5)c4)c3o2)cc1. The minimum absolute atomic E-state index is 0.619. The number of hydrogen-bond donors (Lipinski definition) is 0. The van der Waals surface area contributed by atoms with Crippen LogP contribution in [-0.2, 0) is 0 Å². The molecular weight excluding hydrogens is 623 g/mol. The Bertz CT molecular complexity index is 2850. The van der Waals surface area contributed by atoms with E-state index < -0.39 is 0 Å². The van der Waals surface area contributed by atoms with Crippen LogP contribution < -0.4 is 4.90 Å². The predicted octanol–water partition coefficient (Wildman–Crippen LogP) is 12.9. The second-order valence-electron chi connectivity index (χ2n) is 12.8. The van der Waals surface area contributed by atoms with Gasteiger partial charge < -0.3 is 13.9 Å². The molecule has 0 atom stereocenters. The van der Waals surface area contributed by atoms with E-state index in [0.29, 0.717) is 5.89 Å². The van der Waals surface area contributed by atoms with Crippen LogP contribution in [0.2, 0.25) is 0 Å². The maximum atomic E-state index is 6.47. The second-order valence-corrected chi connectivity index (χ2v) is 12.8. The van der Waals surface area contributed by atoms with Crippen molar-refractivity contribution < 1.29 is 4.42 Å². The fourth-order valence-corrected chi connectivity index (χ4v) is 7.55. The van der Waals surface area contributed by atoms with Crippen molar-refractivity contribution in [2.45, 2.75) is 0 Å². The molecule has 4 nitrogen and oxygen atoms in total. The van der Waals surface area contributed by atoms with E-state index >= 15 is 0 Å². The summed E-state index contributed by atoms with van der Waals surface area (Å²) >= 11 is 0. The Morgan fingerprint density at radius 1 is 0.471 bits per heavy atom. The van der Waals surface area contributed by atoms with E-state index in [1.165, 1.54) is 27.1 Å². The highest BCUT2D eigenvalue weighted by atomic mass is 16.3. The van der Waals surface area contributed by atoms with Gasteiger partial charge in [0.1, 0.15) is 5.52 Å². The average molecular weight is 654 g/mol. The van der Waals surface area contributed by atoms with Gasteiger partial charge in [0.05, 0.1) is 16.7 Å². The van der Waals surface area contributed by atoms with Gasteiger partial charge in [-0.25, -0.2) is 4.98 Å². The summed E-state index contributed by atoms with van der Waals surface area (Å²) in [7, 11) is 0. The molecule has 0 bridgehead atoms. The summed E-state index contributed by atoms with van der Waals surface area (Å²) in [4.78, 5) is 7.24. The van der Waals surface area contributed by atoms with Crippen LogP contribution in [0.15, 0.2) is 192 Å². The van der Waals surface area contributed by atoms with Crippen LogP contribution >= 0.6 is 0 Å². The number of anilines is 3. The van der Waals surface area contributed by atoms with Gasteiger partial charge in [0.25, 0.3) is 0 Å². The fraction of sp³-hybridized carbons (Fsp3) is 0. The first-order valence-electron chi connectivity index (χ1n) is 17.2. The Kier molecular flexibility index (Phi) is 6.78. The number of fused-ring (bicyclic) bond motifs is 6. The predicted molar refractivity (Wildman–Crippen MR) is 211 cm³/mol. The van der Waals surface area contributed by atoms with Crippen LogP contribution in [-0.4, -0.2) is 9.55 Å². The van der Waals surface area contributed by atoms with E-state index in [1.54, 1.807) is 0 Å². The summed E-state index contributed by atoms with van der Waals surface area (Å²) in [5, 5.41) is 4.89. The van der Waals surface area contributed by atoms with Crippen LogP contribution in [0, 0.1) is 0 Å². The lowest BCUT2D eigenvalue weighted by molar-refractivity contribution is 0.621. The largest absolute Gasteiger partial charge is 0.435 e. The van der Waals surface area contributed by atoms with Crippen LogP contribution in [0.4, 0.5) is 17.1 Å². The number of aromatic nitrogens is 2. The third kappa shape index (κ3) is 4.80. The molecule has 0 aliphatic rings. The molecule has 10 aromatic rings. The molecule has 0 amide bonds. The normalized spacial score (nSPS) is 11.5. The van der Waals surface area contributed by atoms with Crippen LogP contribution in [0.1, 0.15) is 0 Å². The van der Waals surface area contributed by atoms with E-state index in [9.17, 15) is 0 Å². The van der Waals surface area contributed by atoms with E-state index in [1.807, 2.05) is 36.4 Å². The minimum atomic E-state index is 0.619. The van der Waals surface area contributed by atoms with Crippen LogP contribution in [0.25, 0.3) is 71.9 Å². The summed E-state index contributed by atoms with van der Waals surface area (Å²) in [6.07, 6.45) is 0. The standard InChI is InChI=1S/C47H31N3O/c1-4-16-32(17-5-1)47-48-41-28-15-27-37(46(41)51-47)33-18-14-23-36(30-33)49(34-19-6-2-7-20-34)43-31-44-45(39-25-11-10-24-38(39)43)40-26-12-13-29-42(40)50(44)35-21-8-3-9-22-35/h1-31H. The molecule has 0 aliphatic heterocycles. The summed E-state index contributed by atoms with van der Waals surface area (Å²) in [6, 6.07) is 66.2. The van der Waals surface area contributed by atoms with Crippen molar-refractivity contribution in [2.24, 2.45) is 0 Å². The Morgan fingerprint density at radius 3 is 1.90 bits per heavy atom. The molecule has 240 valence electrons. The monoisotopic (exact) mass is 653 g/mol. The maximum absolute atomic E-state index is 6.47. The number of nitrogens with zero attached hydrogens (tertiary/aromatic N) is 3. The van der Waals surface area contributed by atoms with Crippen molar-refractivity contribution in [3.8, 4) is 28.3 Å². The summed E-state index contributed by atoms with van der Waals surface area (Å²) < 4.78 is 8.87. The van der Waals surface area contributed by atoms with Crippen molar-refractivity contribution in [1.82, 2.24) is 9.55 Å². The number of hydrogen-bond acceptors (Lipinski definition) is 3. The number of para-hydroxylation sites is 4. The molecule has 0 saturated carbocycles. The molecule has 0 radical (unpaired) electrons. The zero-order valence-corrected chi connectivity index (χ0v) is 27.6. The summed E-state index contributed by atoms with van der Waals surface area (Å²) in [5.74, 6) is 0.619. The first-order chi connectivity index (χ1) is 25.3. The van der Waals surface area contributed by atoms with Crippen molar-refractivity contribution in [2.75, 3.05) is 4.90 Å². The van der Waals surface area contributed by atoms with Crippen molar-refractivity contribution in [1.29, 1.82) is 0 Å². The topological polar surface area (TPSA) is 34.2 Å². The van der Waals surface area contributed by atoms with Crippen molar-refractivity contribution in [3.63, 3.8) is 0 Å². The van der Waals surface area contributed by atoms with Gasteiger partial charge in [0.15, 0.2) is 5.58 Å². The van der Waals surface area contributed by atoms with E-state index in [4.69, 9.17) is 9.40 Å². The van der Waals surface area contributed by atoms with Gasteiger partial charge in [-0.05, 0) is 77.7 Å². The lowest BCUT2D eigenvalue weighted by Gasteiger charge is -2.28. The Balaban J connectivity index is 1.23. The van der Waals surface area contributed by atoms with E-state index in [0.717, 1.165) is 56.1 Å². The van der Waals surface area contributed by atoms with Crippen molar-refractivity contribution in [3.05, 3.63) is 188 Å². The fourth-order valence-electron chi connectivity index (χ4n) is 7.55. The molecule has 51 heavy (non-hydrogen) atoms. The van der Waals surface area contributed by atoms with Gasteiger partial charge in [0.2, 0.25) is 5.89 Å². The van der Waals surface area contributed by atoms with Gasteiger partial charge in [0, 0.05) is 44.3 Å². The zero-order valence-electron chi connectivity index (χ0n) is 27.6. The molecule has 0 fully saturated rings. The van der Waals surface area contributed by atoms with Crippen LogP contribution in [0.5, 0.6) is 0 Å². The zero-order chi connectivity index (χ0) is 33.7. The number of benzene rings is 8. The Morgan fingerprint density at radius 2 is 1.10 bits per heavy atom. The molecule has 2 aromatic heterocycles. The molecule has 8 aromatic carbocycles. The summed E-state index contributed by atoms with van der Waals surface area (Å²) in [5.41, 5.74) is 11.3. The van der Waals surface area contributed by atoms with Gasteiger partial charge in [-0.3, -0.25) is 0 Å². The molecule has 10 rings (SSSR count). The van der Waals surface area contributed by atoms with Crippen LogP contribution in [0.3, 0.4) is 0 Å². The minimum Gasteiger partial charge on any atom is -0.435 e. The highest BCUT2D eigenvalue weighted by Gasteiger charge is 2.22. The first-order valence-corrected chi connectivity index (χ1v) is 17.2. The molecule has 0 aliphatic carbocycles. The van der Waals surface area contributed by atoms with Gasteiger partial charge in [-0.15, -0.1) is 0 Å². The highest BCUT2D eigenvalue weighted by Crippen LogP contribution is 2.46. The van der Waals surface area contributed by atoms with E-state index in [-0.39, 0.29) is 0 Å². The lowest BCUT2D eigenvalue weighted by atomic mass is 9.99. The molecular formula is C47H31N3O. The van der Waals surface area contributed by atoms with Crippen molar-refractivity contribution >= 4 is 60.7 Å². The molecule has 0 spiro atoms. The Labute approximate surface area is 295 Å². The third-order valence-electron chi connectivity index (χ3n) is 9.78. The molecule has 4 heteroatoms. The van der Waals surface area contributed by atoms with Gasteiger partial charge >= 0.3 is 0 Å². The third-order valence-corrected chi connectivity index (χ3v) is 9.78. The smallest absolute Gasteiger partial charge is 0.227 e. The molecule has 0 unspecified atom stereocenters.